The van der Waals surface area contributed by atoms with E-state index in [0.717, 1.165) is 0 Å². The van der Waals surface area contributed by atoms with Crippen LogP contribution in [0.3, 0.4) is 0 Å². The first-order valence-corrected chi connectivity index (χ1v) is 5.20. The van der Waals surface area contributed by atoms with Crippen LogP contribution in [0.15, 0.2) is 0 Å². The number of esters is 1. The fourth-order valence-corrected chi connectivity index (χ4v) is 3.17. The normalized spacial score (nSPS) is 32.8. The third-order valence-electron chi connectivity index (χ3n) is 2.47. The zero-order valence-electron chi connectivity index (χ0n) is 7.93. The number of amides is 1. The first-order chi connectivity index (χ1) is 6.69. The fourth-order valence-electron chi connectivity index (χ4n) is 1.74. The van der Waals surface area contributed by atoms with Gasteiger partial charge < -0.3 is 14.4 Å². The number of fused-ring (bicyclic) bond motifs is 1. The van der Waals surface area contributed by atoms with Gasteiger partial charge in [0, 0.05) is 7.11 Å². The number of thioether (sulfide) groups is 1. The van der Waals surface area contributed by atoms with Crippen molar-refractivity contribution in [3.8, 4) is 0 Å². The maximum absolute atomic E-state index is 11.4. The molecule has 2 saturated heterocycles. The van der Waals surface area contributed by atoms with Crippen molar-refractivity contribution in [1.82, 2.24) is 4.90 Å². The molecule has 2 aliphatic heterocycles. The van der Waals surface area contributed by atoms with Crippen molar-refractivity contribution in [1.29, 1.82) is 0 Å². The Hall–Kier alpha value is 0.250. The minimum atomic E-state index is -0.568. The molecule has 15 heavy (non-hydrogen) atoms. The summed E-state index contributed by atoms with van der Waals surface area (Å²) in [6.07, 6.45) is 0.498. The predicted octanol–water partition coefficient (Wildman–Crippen LogP) is -0.843. The SMILES string of the molecule is COC(=O)C1C(OC)SC2CC(=O)N21.[NaH]. The molecule has 0 radical (unpaired) electrons. The second-order valence-electron chi connectivity index (χ2n) is 3.17. The summed E-state index contributed by atoms with van der Waals surface area (Å²) in [5.74, 6) is -0.405. The van der Waals surface area contributed by atoms with E-state index in [0.29, 0.717) is 6.42 Å². The Balaban J connectivity index is 0.00000112. The molecule has 2 rings (SSSR count). The Morgan fingerprint density at radius 1 is 1.53 bits per heavy atom. The number of hydrogen-bond acceptors (Lipinski definition) is 5. The van der Waals surface area contributed by atoms with E-state index < -0.39 is 12.0 Å². The van der Waals surface area contributed by atoms with Crippen LogP contribution in [0.5, 0.6) is 0 Å². The molecular weight excluding hydrogens is 229 g/mol. The van der Waals surface area contributed by atoms with E-state index in [1.807, 2.05) is 0 Å². The Morgan fingerprint density at radius 2 is 2.20 bits per heavy atom. The van der Waals surface area contributed by atoms with Gasteiger partial charge in [0.25, 0.3) is 0 Å². The van der Waals surface area contributed by atoms with E-state index >= 15 is 0 Å². The summed E-state index contributed by atoms with van der Waals surface area (Å²) < 4.78 is 9.79. The Labute approximate surface area is 114 Å². The number of nitrogens with zero attached hydrogens (tertiary/aromatic N) is 1. The van der Waals surface area contributed by atoms with Gasteiger partial charge in [-0.25, -0.2) is 4.79 Å². The molecule has 2 fully saturated rings. The molecule has 5 nitrogen and oxygen atoms in total. The second-order valence-corrected chi connectivity index (χ2v) is 4.45. The molecule has 0 aromatic heterocycles. The van der Waals surface area contributed by atoms with Crippen molar-refractivity contribution in [2.45, 2.75) is 23.3 Å². The Bertz CT molecular complexity index is 288. The van der Waals surface area contributed by atoms with Crippen LogP contribution in [-0.4, -0.2) is 77.4 Å². The van der Waals surface area contributed by atoms with E-state index in [4.69, 9.17) is 4.74 Å². The van der Waals surface area contributed by atoms with Gasteiger partial charge in [-0.15, -0.1) is 11.8 Å². The van der Waals surface area contributed by atoms with Crippen molar-refractivity contribution in [2.24, 2.45) is 0 Å². The molecule has 0 aromatic carbocycles. The molecule has 2 heterocycles. The van der Waals surface area contributed by atoms with E-state index in [1.54, 1.807) is 4.90 Å². The Kier molecular flexibility index (Phi) is 4.49. The van der Waals surface area contributed by atoms with Crippen LogP contribution in [-0.2, 0) is 19.1 Å². The molecule has 0 aliphatic carbocycles. The zero-order valence-corrected chi connectivity index (χ0v) is 8.74. The van der Waals surface area contributed by atoms with Gasteiger partial charge in [0.1, 0.15) is 5.44 Å². The summed E-state index contributed by atoms with van der Waals surface area (Å²) in [7, 11) is 2.85. The fraction of sp³-hybridized carbons (Fsp3) is 0.750. The third-order valence-corrected chi connectivity index (χ3v) is 3.90. The maximum atomic E-state index is 11.4. The van der Waals surface area contributed by atoms with Crippen LogP contribution in [0.1, 0.15) is 6.42 Å². The van der Waals surface area contributed by atoms with Crippen molar-refractivity contribution >= 4 is 53.2 Å². The number of methoxy groups -OCH3 is 2. The molecule has 0 N–H and O–H groups in total. The summed E-state index contributed by atoms with van der Waals surface area (Å²) in [6.45, 7) is 0. The molecule has 0 saturated carbocycles. The average Bonchev–Trinajstić information content (AvgIpc) is 2.49. The topological polar surface area (TPSA) is 55.8 Å². The van der Waals surface area contributed by atoms with Crippen LogP contribution >= 0.6 is 11.8 Å². The van der Waals surface area contributed by atoms with E-state index in [2.05, 4.69) is 4.74 Å². The van der Waals surface area contributed by atoms with Gasteiger partial charge in [-0.2, -0.15) is 0 Å². The molecule has 0 spiro atoms. The summed E-state index contributed by atoms with van der Waals surface area (Å²) in [5.41, 5.74) is -0.293. The summed E-state index contributed by atoms with van der Waals surface area (Å²) in [4.78, 5) is 24.2. The summed E-state index contributed by atoms with van der Waals surface area (Å²) in [6, 6.07) is -0.568. The van der Waals surface area contributed by atoms with Gasteiger partial charge in [0.2, 0.25) is 5.91 Å². The number of hydrogen-bond donors (Lipinski definition) is 0. The molecule has 80 valence electrons. The van der Waals surface area contributed by atoms with Crippen molar-refractivity contribution < 1.29 is 19.1 Å². The standard InChI is InChI=1S/C8H11NO4S.Na.H/c1-12-7(11)6-8(13-2)14-5-3-4(10)9(5)6;;/h5-6,8H,3H2,1-2H3;;. The van der Waals surface area contributed by atoms with Crippen LogP contribution in [0.4, 0.5) is 0 Å². The summed E-state index contributed by atoms with van der Waals surface area (Å²) >= 11 is 1.50. The Morgan fingerprint density at radius 3 is 2.67 bits per heavy atom. The van der Waals surface area contributed by atoms with Gasteiger partial charge in [-0.3, -0.25) is 4.79 Å². The number of carbonyl (C=O) groups excluding carboxylic acids is 2. The quantitative estimate of drug-likeness (QED) is 0.358. The molecule has 3 atom stereocenters. The van der Waals surface area contributed by atoms with Crippen molar-refractivity contribution in [2.75, 3.05) is 14.2 Å². The number of rotatable bonds is 2. The average molecular weight is 241 g/mol. The second kappa shape index (κ2) is 5.05. The molecule has 2 aliphatic rings. The van der Waals surface area contributed by atoms with E-state index in [1.165, 1.54) is 26.0 Å². The van der Waals surface area contributed by atoms with E-state index in [-0.39, 0.29) is 46.3 Å². The van der Waals surface area contributed by atoms with Gasteiger partial charge >= 0.3 is 35.5 Å². The number of β-lactam (4-membered cyclic amide) rings is 1. The van der Waals surface area contributed by atoms with Gasteiger partial charge in [0.15, 0.2) is 6.04 Å². The van der Waals surface area contributed by atoms with Crippen LogP contribution in [0, 0.1) is 0 Å². The van der Waals surface area contributed by atoms with Crippen LogP contribution < -0.4 is 0 Å². The van der Waals surface area contributed by atoms with Gasteiger partial charge in [-0.05, 0) is 0 Å². The van der Waals surface area contributed by atoms with Crippen molar-refractivity contribution in [3.05, 3.63) is 0 Å². The first kappa shape index (κ1) is 13.3. The molecule has 0 aromatic rings. The number of ether oxygens (including phenoxy) is 2. The van der Waals surface area contributed by atoms with Crippen LogP contribution in [0.2, 0.25) is 0 Å². The number of carbonyl (C=O) groups is 2. The minimum absolute atomic E-state index is 0. The molecule has 1 amide bonds. The zero-order chi connectivity index (χ0) is 10.3. The van der Waals surface area contributed by atoms with Crippen LogP contribution in [0.25, 0.3) is 0 Å². The monoisotopic (exact) mass is 241 g/mol. The predicted molar refractivity (Wildman–Crippen MR) is 56.6 cm³/mol. The third kappa shape index (κ3) is 2.06. The van der Waals surface area contributed by atoms with Gasteiger partial charge in [-0.1, -0.05) is 0 Å². The molecule has 3 unspecified atom stereocenters. The summed E-state index contributed by atoms with van der Waals surface area (Å²) in [5, 5.41) is 0.0940. The molecular formula is C8H12NNaO4S. The first-order valence-electron chi connectivity index (χ1n) is 4.26. The van der Waals surface area contributed by atoms with Gasteiger partial charge in [0.05, 0.1) is 18.9 Å². The van der Waals surface area contributed by atoms with E-state index in [9.17, 15) is 9.59 Å². The molecule has 7 heteroatoms. The van der Waals surface area contributed by atoms with Crippen molar-refractivity contribution in [3.63, 3.8) is 0 Å². The molecule has 0 bridgehead atoms.